The van der Waals surface area contributed by atoms with Gasteiger partial charge < -0.3 is 19.9 Å². The summed E-state index contributed by atoms with van der Waals surface area (Å²) in [5.74, 6) is 0.689. The SMILES string of the molecule is CS(=O)(=O)c1ccc(-c2nc3c(N4CCN(Cc5cnc6[nH]c(=O)c(=O)[nH]c6c5)CC4)cccc3[nH]2)cc1. The van der Waals surface area contributed by atoms with E-state index in [1.54, 1.807) is 30.5 Å². The van der Waals surface area contributed by atoms with Crippen LogP contribution in [0.3, 0.4) is 0 Å². The third kappa shape index (κ3) is 4.59. The first kappa shape index (κ1) is 24.1. The van der Waals surface area contributed by atoms with E-state index >= 15 is 0 Å². The van der Waals surface area contributed by atoms with Crippen LogP contribution in [0, 0.1) is 0 Å². The molecule has 0 bridgehead atoms. The van der Waals surface area contributed by atoms with Crippen LogP contribution < -0.4 is 16.0 Å². The summed E-state index contributed by atoms with van der Waals surface area (Å²) in [6.45, 7) is 3.98. The maximum Gasteiger partial charge on any atom is 0.315 e. The van der Waals surface area contributed by atoms with Gasteiger partial charge in [-0.1, -0.05) is 6.07 Å². The van der Waals surface area contributed by atoms with Crippen molar-refractivity contribution in [2.45, 2.75) is 11.4 Å². The normalized spacial score (nSPS) is 14.9. The van der Waals surface area contributed by atoms with E-state index in [1.165, 1.54) is 6.26 Å². The number of piperazine rings is 1. The van der Waals surface area contributed by atoms with Gasteiger partial charge in [0, 0.05) is 50.7 Å². The van der Waals surface area contributed by atoms with Crippen LogP contribution >= 0.6 is 0 Å². The van der Waals surface area contributed by atoms with E-state index < -0.39 is 21.0 Å². The Morgan fingerprint density at radius 3 is 2.37 bits per heavy atom. The Morgan fingerprint density at radius 2 is 1.63 bits per heavy atom. The summed E-state index contributed by atoms with van der Waals surface area (Å²) in [7, 11) is -3.26. The Balaban J connectivity index is 1.18. The number of pyridine rings is 1. The molecule has 3 N–H and O–H groups in total. The summed E-state index contributed by atoms with van der Waals surface area (Å²) in [5, 5.41) is 0. The number of hydrogen-bond acceptors (Lipinski definition) is 8. The molecule has 0 unspecified atom stereocenters. The topological polar surface area (TPSA) is 148 Å². The molecule has 4 heterocycles. The molecule has 2 aromatic carbocycles. The van der Waals surface area contributed by atoms with Crippen molar-refractivity contribution in [2.75, 3.05) is 37.3 Å². The lowest BCUT2D eigenvalue weighted by molar-refractivity contribution is 0.250. The first-order valence-electron chi connectivity index (χ1n) is 12.1. The molecule has 0 saturated carbocycles. The standard InChI is InChI=1S/C26H25N7O4S/c1-38(36,37)18-7-5-17(6-8-18)23-28-19-3-2-4-21(22(19)30-23)33-11-9-32(10-12-33)15-16-13-20-24(27-14-16)31-26(35)25(34)29-20/h2-8,13-14H,9-12,15H2,1H3,(H,28,30)(H,29,34)(H,27,31,35). The van der Waals surface area contributed by atoms with Gasteiger partial charge in [0.25, 0.3) is 0 Å². The number of sulfone groups is 1. The highest BCUT2D eigenvalue weighted by Gasteiger charge is 2.21. The molecule has 0 amide bonds. The third-order valence-corrected chi connectivity index (χ3v) is 7.93. The molecule has 1 fully saturated rings. The highest BCUT2D eigenvalue weighted by atomic mass is 32.2. The number of aromatic amines is 3. The molecule has 6 rings (SSSR count). The molecule has 1 aliphatic rings. The molecule has 0 radical (unpaired) electrons. The van der Waals surface area contributed by atoms with Gasteiger partial charge in [-0.05, 0) is 48.0 Å². The second kappa shape index (κ2) is 9.23. The predicted molar refractivity (Wildman–Crippen MR) is 145 cm³/mol. The van der Waals surface area contributed by atoms with Crippen LogP contribution in [0.15, 0.2) is 69.2 Å². The monoisotopic (exact) mass is 531 g/mol. The lowest BCUT2D eigenvalue weighted by Crippen LogP contribution is -2.46. The summed E-state index contributed by atoms with van der Waals surface area (Å²) >= 11 is 0. The zero-order valence-electron chi connectivity index (χ0n) is 20.6. The van der Waals surface area contributed by atoms with Crippen molar-refractivity contribution in [1.82, 2.24) is 29.8 Å². The third-order valence-electron chi connectivity index (χ3n) is 6.80. The van der Waals surface area contributed by atoms with Crippen molar-refractivity contribution in [2.24, 2.45) is 0 Å². The fourth-order valence-electron chi connectivity index (χ4n) is 4.81. The average molecular weight is 532 g/mol. The summed E-state index contributed by atoms with van der Waals surface area (Å²) in [5.41, 5.74) is 4.09. The molecule has 12 heteroatoms. The lowest BCUT2D eigenvalue weighted by atomic mass is 10.2. The number of nitrogens with one attached hydrogen (secondary N) is 3. The first-order valence-corrected chi connectivity index (χ1v) is 14.0. The minimum atomic E-state index is -3.26. The second-order valence-corrected chi connectivity index (χ2v) is 11.5. The highest BCUT2D eigenvalue weighted by molar-refractivity contribution is 7.90. The predicted octanol–water partition coefficient (Wildman–Crippen LogP) is 1.88. The number of aromatic nitrogens is 5. The number of anilines is 1. The van der Waals surface area contributed by atoms with Crippen molar-refractivity contribution in [1.29, 1.82) is 0 Å². The smallest absolute Gasteiger partial charge is 0.315 e. The van der Waals surface area contributed by atoms with E-state index in [2.05, 4.69) is 35.8 Å². The van der Waals surface area contributed by atoms with E-state index in [-0.39, 0.29) is 4.90 Å². The molecule has 1 saturated heterocycles. The van der Waals surface area contributed by atoms with Crippen LogP contribution in [0.25, 0.3) is 33.6 Å². The van der Waals surface area contributed by atoms with Crippen LogP contribution in [0.1, 0.15) is 5.56 Å². The minimum absolute atomic E-state index is 0.276. The molecule has 38 heavy (non-hydrogen) atoms. The Morgan fingerprint density at radius 1 is 0.895 bits per heavy atom. The molecular formula is C26H25N7O4S. The van der Waals surface area contributed by atoms with Crippen molar-refractivity contribution in [3.8, 4) is 11.4 Å². The molecule has 1 aliphatic heterocycles. The van der Waals surface area contributed by atoms with Crippen LogP contribution in [-0.2, 0) is 16.4 Å². The van der Waals surface area contributed by atoms with Crippen LogP contribution in [0.4, 0.5) is 5.69 Å². The van der Waals surface area contributed by atoms with E-state index in [0.717, 1.165) is 54.0 Å². The number of fused-ring (bicyclic) bond motifs is 2. The van der Waals surface area contributed by atoms with E-state index in [9.17, 15) is 18.0 Å². The van der Waals surface area contributed by atoms with Crippen molar-refractivity contribution in [3.05, 3.63) is 81.0 Å². The van der Waals surface area contributed by atoms with Gasteiger partial charge in [-0.15, -0.1) is 0 Å². The largest absolute Gasteiger partial charge is 0.367 e. The molecule has 194 valence electrons. The van der Waals surface area contributed by atoms with E-state index in [0.29, 0.717) is 23.5 Å². The van der Waals surface area contributed by atoms with Crippen molar-refractivity contribution in [3.63, 3.8) is 0 Å². The molecule has 0 aliphatic carbocycles. The maximum atomic E-state index is 11.8. The number of nitrogens with zero attached hydrogens (tertiary/aromatic N) is 4. The summed E-state index contributed by atoms with van der Waals surface area (Å²) in [6.07, 6.45) is 2.91. The summed E-state index contributed by atoms with van der Waals surface area (Å²) < 4.78 is 23.6. The molecule has 0 spiro atoms. The first-order chi connectivity index (χ1) is 18.2. The number of imidazole rings is 1. The van der Waals surface area contributed by atoms with Crippen LogP contribution in [0.2, 0.25) is 0 Å². The van der Waals surface area contributed by atoms with Gasteiger partial charge in [-0.25, -0.2) is 18.4 Å². The number of rotatable bonds is 5. The Labute approximate surface area is 217 Å². The van der Waals surface area contributed by atoms with Gasteiger partial charge in [0.05, 0.1) is 21.6 Å². The van der Waals surface area contributed by atoms with Gasteiger partial charge in [-0.3, -0.25) is 14.5 Å². The molecular weight excluding hydrogens is 506 g/mol. The zero-order chi connectivity index (χ0) is 26.4. The van der Waals surface area contributed by atoms with Crippen molar-refractivity contribution < 1.29 is 8.42 Å². The van der Waals surface area contributed by atoms with E-state index in [4.69, 9.17) is 4.98 Å². The van der Waals surface area contributed by atoms with Crippen LogP contribution in [0.5, 0.6) is 0 Å². The molecule has 5 aromatic rings. The highest BCUT2D eigenvalue weighted by Crippen LogP contribution is 2.29. The van der Waals surface area contributed by atoms with Gasteiger partial charge in [0.15, 0.2) is 15.5 Å². The zero-order valence-corrected chi connectivity index (χ0v) is 21.4. The average Bonchev–Trinajstić information content (AvgIpc) is 3.34. The Bertz CT molecular complexity index is 1880. The quantitative estimate of drug-likeness (QED) is 0.291. The summed E-state index contributed by atoms with van der Waals surface area (Å²) in [6, 6.07) is 14.6. The van der Waals surface area contributed by atoms with Gasteiger partial charge in [-0.2, -0.15) is 0 Å². The van der Waals surface area contributed by atoms with Gasteiger partial charge in [0.1, 0.15) is 11.3 Å². The van der Waals surface area contributed by atoms with Crippen LogP contribution in [-0.4, -0.2) is 70.7 Å². The van der Waals surface area contributed by atoms with Crippen molar-refractivity contribution >= 4 is 37.7 Å². The lowest BCUT2D eigenvalue weighted by Gasteiger charge is -2.36. The number of H-pyrrole nitrogens is 3. The summed E-state index contributed by atoms with van der Waals surface area (Å²) in [4.78, 5) is 45.6. The Hall–Kier alpha value is -4.29. The molecule has 0 atom stereocenters. The Kier molecular flexibility index (Phi) is 5.84. The van der Waals surface area contributed by atoms with E-state index in [1.807, 2.05) is 18.2 Å². The van der Waals surface area contributed by atoms with Gasteiger partial charge in [0.2, 0.25) is 0 Å². The number of hydrogen-bond donors (Lipinski definition) is 3. The minimum Gasteiger partial charge on any atom is -0.367 e. The number of benzene rings is 2. The molecule has 11 nitrogen and oxygen atoms in total. The maximum absolute atomic E-state index is 11.8. The fraction of sp³-hybridized carbons (Fsp3) is 0.231. The second-order valence-electron chi connectivity index (χ2n) is 9.47. The molecule has 3 aromatic heterocycles. The fourth-order valence-corrected chi connectivity index (χ4v) is 5.44. The number of para-hydroxylation sites is 1. The van der Waals surface area contributed by atoms with Gasteiger partial charge >= 0.3 is 11.1 Å².